The molecule has 1 N–H and O–H groups in total. The van der Waals surface area contributed by atoms with Gasteiger partial charge in [0.25, 0.3) is 5.69 Å². The zero-order valence-corrected chi connectivity index (χ0v) is 13.5. The van der Waals surface area contributed by atoms with Crippen LogP contribution in [-0.2, 0) is 11.3 Å². The average Bonchev–Trinajstić information content (AvgIpc) is 2.49. The largest absolute Gasteiger partial charge is 0.379 e. The molecule has 7 heteroatoms. The Balaban J connectivity index is 1.71. The molecule has 0 radical (unpaired) electrons. The Hall–Kier alpha value is -1.02. The normalized spacial score (nSPS) is 16.0. The molecule has 0 spiro atoms. The molecule has 1 fully saturated rings. The van der Waals surface area contributed by atoms with E-state index in [0.29, 0.717) is 11.0 Å². The summed E-state index contributed by atoms with van der Waals surface area (Å²) in [5.41, 5.74) is 1.03. The van der Waals surface area contributed by atoms with Crippen molar-refractivity contribution in [2.24, 2.45) is 0 Å². The average molecular weight is 358 g/mol. The van der Waals surface area contributed by atoms with E-state index < -0.39 is 0 Å². The summed E-state index contributed by atoms with van der Waals surface area (Å²) in [5, 5.41) is 14.2. The van der Waals surface area contributed by atoms with Crippen LogP contribution in [-0.4, -0.2) is 49.2 Å². The van der Waals surface area contributed by atoms with Crippen LogP contribution in [0, 0.1) is 10.1 Å². The van der Waals surface area contributed by atoms with Gasteiger partial charge in [0.15, 0.2) is 0 Å². The number of nitrogens with one attached hydrogen (secondary N) is 1. The van der Waals surface area contributed by atoms with Crippen molar-refractivity contribution >= 4 is 21.6 Å². The van der Waals surface area contributed by atoms with E-state index in [1.165, 1.54) is 6.07 Å². The van der Waals surface area contributed by atoms with E-state index in [1.807, 2.05) is 6.07 Å². The molecule has 116 valence electrons. The van der Waals surface area contributed by atoms with E-state index >= 15 is 0 Å². The monoisotopic (exact) mass is 357 g/mol. The summed E-state index contributed by atoms with van der Waals surface area (Å²) in [6, 6.07) is 5.12. The molecule has 0 atom stereocenters. The van der Waals surface area contributed by atoms with Crippen molar-refractivity contribution in [2.75, 3.05) is 39.4 Å². The molecule has 21 heavy (non-hydrogen) atoms. The van der Waals surface area contributed by atoms with E-state index in [0.717, 1.165) is 51.4 Å². The minimum Gasteiger partial charge on any atom is -0.379 e. The second-order valence-corrected chi connectivity index (χ2v) is 5.78. The Labute approximate surface area is 132 Å². The maximum absolute atomic E-state index is 10.9. The van der Waals surface area contributed by atoms with Crippen molar-refractivity contribution in [3.8, 4) is 0 Å². The van der Waals surface area contributed by atoms with Crippen molar-refractivity contribution in [3.05, 3.63) is 38.3 Å². The van der Waals surface area contributed by atoms with Crippen LogP contribution in [0.4, 0.5) is 5.69 Å². The smallest absolute Gasteiger partial charge is 0.283 e. The van der Waals surface area contributed by atoms with Crippen molar-refractivity contribution in [1.29, 1.82) is 0 Å². The van der Waals surface area contributed by atoms with Crippen LogP contribution in [0.3, 0.4) is 0 Å². The Bertz CT molecular complexity index is 479. The third-order valence-electron chi connectivity index (χ3n) is 3.50. The van der Waals surface area contributed by atoms with Gasteiger partial charge in [0, 0.05) is 25.7 Å². The summed E-state index contributed by atoms with van der Waals surface area (Å²) < 4.78 is 5.88. The second-order valence-electron chi connectivity index (χ2n) is 4.99. The topological polar surface area (TPSA) is 67.6 Å². The standard InChI is InChI=1S/C14H20BrN3O3/c15-14-12(3-1-4-13(14)18(19)20)11-16-5-2-6-17-7-9-21-10-8-17/h1,3-4,16H,2,5-11H2. The third-order valence-corrected chi connectivity index (χ3v) is 4.42. The third kappa shape index (κ3) is 5.03. The summed E-state index contributed by atoms with van der Waals surface area (Å²) in [6.07, 6.45) is 1.06. The molecule has 1 aromatic carbocycles. The van der Waals surface area contributed by atoms with Crippen molar-refractivity contribution in [1.82, 2.24) is 10.2 Å². The summed E-state index contributed by atoms with van der Waals surface area (Å²) in [4.78, 5) is 12.9. The zero-order valence-electron chi connectivity index (χ0n) is 11.9. The van der Waals surface area contributed by atoms with Gasteiger partial charge in [0.05, 0.1) is 22.6 Å². The number of ether oxygens (including phenoxy) is 1. The predicted molar refractivity (Wildman–Crippen MR) is 84.4 cm³/mol. The predicted octanol–water partition coefficient (Wildman–Crippen LogP) is 2.17. The fourth-order valence-electron chi connectivity index (χ4n) is 2.32. The van der Waals surface area contributed by atoms with E-state index in [1.54, 1.807) is 6.07 Å². The summed E-state index contributed by atoms with van der Waals surface area (Å²) in [7, 11) is 0. The van der Waals surface area contributed by atoms with Gasteiger partial charge in [0.1, 0.15) is 0 Å². The molecular formula is C14H20BrN3O3. The van der Waals surface area contributed by atoms with Gasteiger partial charge in [-0.15, -0.1) is 0 Å². The number of halogens is 1. The minimum atomic E-state index is -0.369. The van der Waals surface area contributed by atoms with Crippen LogP contribution in [0.1, 0.15) is 12.0 Å². The molecule has 1 aromatic rings. The lowest BCUT2D eigenvalue weighted by atomic mass is 10.2. The van der Waals surface area contributed by atoms with Gasteiger partial charge in [-0.3, -0.25) is 15.0 Å². The van der Waals surface area contributed by atoms with Gasteiger partial charge in [-0.2, -0.15) is 0 Å². The molecule has 1 saturated heterocycles. The first-order valence-electron chi connectivity index (χ1n) is 7.11. The molecule has 0 aromatic heterocycles. The van der Waals surface area contributed by atoms with Gasteiger partial charge >= 0.3 is 0 Å². The Morgan fingerprint density at radius 2 is 2.14 bits per heavy atom. The molecule has 2 rings (SSSR count). The fraction of sp³-hybridized carbons (Fsp3) is 0.571. The number of nitro benzene ring substituents is 1. The highest BCUT2D eigenvalue weighted by Crippen LogP contribution is 2.27. The van der Waals surface area contributed by atoms with Gasteiger partial charge in [0.2, 0.25) is 0 Å². The van der Waals surface area contributed by atoms with Gasteiger partial charge < -0.3 is 10.1 Å². The lowest BCUT2D eigenvalue weighted by Crippen LogP contribution is -2.37. The first kappa shape index (κ1) is 16.4. The highest BCUT2D eigenvalue weighted by molar-refractivity contribution is 9.10. The Morgan fingerprint density at radius 3 is 2.86 bits per heavy atom. The molecule has 0 bridgehead atoms. The molecule has 0 amide bonds. The van der Waals surface area contributed by atoms with E-state index in [4.69, 9.17) is 4.74 Å². The SMILES string of the molecule is O=[N+]([O-])c1cccc(CNCCCN2CCOCC2)c1Br. The van der Waals surface area contributed by atoms with Crippen LogP contribution >= 0.6 is 15.9 Å². The lowest BCUT2D eigenvalue weighted by molar-refractivity contribution is -0.385. The molecule has 0 unspecified atom stereocenters. The van der Waals surface area contributed by atoms with E-state index in [-0.39, 0.29) is 10.6 Å². The van der Waals surface area contributed by atoms with Crippen LogP contribution in [0.25, 0.3) is 0 Å². The van der Waals surface area contributed by atoms with Gasteiger partial charge in [-0.05, 0) is 41.0 Å². The number of nitro groups is 1. The maximum atomic E-state index is 10.9. The Morgan fingerprint density at radius 1 is 1.38 bits per heavy atom. The maximum Gasteiger partial charge on any atom is 0.283 e. The lowest BCUT2D eigenvalue weighted by Gasteiger charge is -2.26. The van der Waals surface area contributed by atoms with Crippen LogP contribution < -0.4 is 5.32 Å². The molecular weight excluding hydrogens is 338 g/mol. The fourth-order valence-corrected chi connectivity index (χ4v) is 2.87. The van der Waals surface area contributed by atoms with Crippen molar-refractivity contribution in [2.45, 2.75) is 13.0 Å². The molecule has 0 aliphatic carbocycles. The summed E-state index contributed by atoms with van der Waals surface area (Å²) >= 11 is 3.31. The first-order chi connectivity index (χ1) is 10.2. The first-order valence-corrected chi connectivity index (χ1v) is 7.90. The van der Waals surface area contributed by atoms with E-state index in [9.17, 15) is 10.1 Å². The van der Waals surface area contributed by atoms with Crippen molar-refractivity contribution < 1.29 is 9.66 Å². The molecule has 1 aliphatic rings. The summed E-state index contributed by atoms with van der Waals surface area (Å²) in [5.74, 6) is 0. The number of nitrogens with zero attached hydrogens (tertiary/aromatic N) is 2. The number of rotatable bonds is 7. The quantitative estimate of drug-likeness (QED) is 0.460. The molecule has 0 saturated carbocycles. The van der Waals surface area contributed by atoms with Crippen LogP contribution in [0.2, 0.25) is 0 Å². The van der Waals surface area contributed by atoms with Gasteiger partial charge in [-0.1, -0.05) is 12.1 Å². The minimum absolute atomic E-state index is 0.114. The Kier molecular flexibility index (Phi) is 6.56. The van der Waals surface area contributed by atoms with E-state index in [2.05, 4.69) is 26.1 Å². The number of hydrogen-bond donors (Lipinski definition) is 1. The number of morpholine rings is 1. The molecule has 1 aliphatic heterocycles. The molecule has 6 nitrogen and oxygen atoms in total. The second kappa shape index (κ2) is 8.43. The highest BCUT2D eigenvalue weighted by Gasteiger charge is 2.14. The van der Waals surface area contributed by atoms with Crippen LogP contribution in [0.15, 0.2) is 22.7 Å². The highest BCUT2D eigenvalue weighted by atomic mass is 79.9. The molecule has 1 heterocycles. The van der Waals surface area contributed by atoms with Crippen molar-refractivity contribution in [3.63, 3.8) is 0 Å². The summed E-state index contributed by atoms with van der Waals surface area (Å²) in [6.45, 7) is 6.26. The van der Waals surface area contributed by atoms with Crippen LogP contribution in [0.5, 0.6) is 0 Å². The number of benzene rings is 1. The van der Waals surface area contributed by atoms with Gasteiger partial charge in [-0.25, -0.2) is 0 Å². The number of hydrogen-bond acceptors (Lipinski definition) is 5. The zero-order chi connectivity index (χ0) is 15.1.